The summed E-state index contributed by atoms with van der Waals surface area (Å²) in [5.74, 6) is 4.61. The molecule has 1 aliphatic rings. The number of halogens is 1. The molecule has 0 saturated carbocycles. The lowest BCUT2D eigenvalue weighted by molar-refractivity contribution is 0.290. The minimum Gasteiger partial charge on any atom is -0.473 e. The Balaban J connectivity index is 1.33. The van der Waals surface area contributed by atoms with E-state index in [0.29, 0.717) is 17.3 Å². The quantitative estimate of drug-likeness (QED) is 0.474. The van der Waals surface area contributed by atoms with Crippen molar-refractivity contribution in [3.8, 4) is 28.5 Å². The lowest BCUT2D eigenvalue weighted by atomic mass is 10.1. The third kappa shape index (κ3) is 3.56. The monoisotopic (exact) mass is 423 g/mol. The first kappa shape index (κ1) is 18.8. The van der Waals surface area contributed by atoms with Gasteiger partial charge in [0.05, 0.1) is 11.3 Å². The molecule has 5 rings (SSSR count). The average Bonchev–Trinajstić information content (AvgIpc) is 3.37. The van der Waals surface area contributed by atoms with Crippen LogP contribution in [0.2, 0.25) is 0 Å². The third-order valence-electron chi connectivity index (χ3n) is 4.98. The number of ether oxygens (including phenoxy) is 1. The SMILES string of the molecule is Cc1onc(-c2ccc(F)cc2)c1COc1ccc(-c2nnc3n2CCSC3)cn1. The minimum atomic E-state index is -0.297. The second kappa shape index (κ2) is 7.91. The van der Waals surface area contributed by atoms with Gasteiger partial charge in [-0.3, -0.25) is 0 Å². The van der Waals surface area contributed by atoms with Crippen LogP contribution in [-0.4, -0.2) is 30.7 Å². The molecule has 0 atom stereocenters. The molecule has 0 unspecified atom stereocenters. The van der Waals surface area contributed by atoms with E-state index in [9.17, 15) is 4.39 Å². The van der Waals surface area contributed by atoms with E-state index in [1.54, 1.807) is 18.3 Å². The van der Waals surface area contributed by atoms with E-state index >= 15 is 0 Å². The van der Waals surface area contributed by atoms with Crippen LogP contribution in [0.25, 0.3) is 22.6 Å². The normalized spacial score (nSPS) is 13.3. The Morgan fingerprint density at radius 1 is 1.13 bits per heavy atom. The van der Waals surface area contributed by atoms with E-state index < -0.39 is 0 Å². The van der Waals surface area contributed by atoms with Crippen LogP contribution in [0, 0.1) is 12.7 Å². The maximum absolute atomic E-state index is 13.2. The number of pyridine rings is 1. The zero-order chi connectivity index (χ0) is 20.5. The molecule has 0 saturated heterocycles. The van der Waals surface area contributed by atoms with Crippen molar-refractivity contribution in [1.82, 2.24) is 24.9 Å². The molecular weight excluding hydrogens is 405 g/mol. The lowest BCUT2D eigenvalue weighted by Gasteiger charge is -2.14. The van der Waals surface area contributed by atoms with Crippen molar-refractivity contribution >= 4 is 11.8 Å². The van der Waals surface area contributed by atoms with Crippen LogP contribution < -0.4 is 4.74 Å². The number of nitrogens with zero attached hydrogens (tertiary/aromatic N) is 5. The predicted molar refractivity (Wildman–Crippen MR) is 110 cm³/mol. The van der Waals surface area contributed by atoms with Crippen molar-refractivity contribution < 1.29 is 13.7 Å². The molecular formula is C21H18FN5O2S. The van der Waals surface area contributed by atoms with Gasteiger partial charge in [0.1, 0.15) is 29.7 Å². The molecule has 1 aromatic carbocycles. The van der Waals surface area contributed by atoms with Gasteiger partial charge in [0, 0.05) is 35.7 Å². The van der Waals surface area contributed by atoms with E-state index in [4.69, 9.17) is 9.26 Å². The Morgan fingerprint density at radius 3 is 2.77 bits per heavy atom. The highest BCUT2D eigenvalue weighted by molar-refractivity contribution is 7.98. The molecule has 9 heteroatoms. The van der Waals surface area contributed by atoms with Gasteiger partial charge in [-0.25, -0.2) is 9.37 Å². The third-order valence-corrected chi connectivity index (χ3v) is 5.91. The molecule has 0 radical (unpaired) electrons. The van der Waals surface area contributed by atoms with Crippen LogP contribution in [-0.2, 0) is 18.9 Å². The van der Waals surface area contributed by atoms with E-state index in [1.165, 1.54) is 12.1 Å². The summed E-state index contributed by atoms with van der Waals surface area (Å²) in [5.41, 5.74) is 3.11. The number of benzene rings is 1. The van der Waals surface area contributed by atoms with Gasteiger partial charge < -0.3 is 13.8 Å². The summed E-state index contributed by atoms with van der Waals surface area (Å²) < 4.78 is 26.6. The zero-order valence-electron chi connectivity index (χ0n) is 16.2. The Hall–Kier alpha value is -3.20. The molecule has 0 amide bonds. The molecule has 152 valence electrons. The summed E-state index contributed by atoms with van der Waals surface area (Å²) in [6.07, 6.45) is 1.75. The average molecular weight is 423 g/mol. The van der Waals surface area contributed by atoms with Crippen molar-refractivity contribution in [2.24, 2.45) is 0 Å². The number of aromatic nitrogens is 5. The fraction of sp³-hybridized carbons (Fsp3) is 0.238. The van der Waals surface area contributed by atoms with Crippen molar-refractivity contribution in [1.29, 1.82) is 0 Å². The Morgan fingerprint density at radius 2 is 1.97 bits per heavy atom. The summed E-state index contributed by atoms with van der Waals surface area (Å²) in [7, 11) is 0. The van der Waals surface area contributed by atoms with Gasteiger partial charge in [0.2, 0.25) is 5.88 Å². The molecule has 0 N–H and O–H groups in total. The summed E-state index contributed by atoms with van der Waals surface area (Å²) >= 11 is 1.86. The van der Waals surface area contributed by atoms with Crippen LogP contribution >= 0.6 is 11.8 Å². The lowest BCUT2D eigenvalue weighted by Crippen LogP contribution is -2.11. The molecule has 7 nitrogen and oxygen atoms in total. The van der Waals surface area contributed by atoms with Crippen molar-refractivity contribution in [3.05, 3.63) is 65.6 Å². The van der Waals surface area contributed by atoms with E-state index in [0.717, 1.165) is 46.4 Å². The number of hydrogen-bond donors (Lipinski definition) is 0. The van der Waals surface area contributed by atoms with E-state index in [-0.39, 0.29) is 12.4 Å². The van der Waals surface area contributed by atoms with E-state index in [1.807, 2.05) is 30.8 Å². The number of hydrogen-bond acceptors (Lipinski definition) is 7. The van der Waals surface area contributed by atoms with Gasteiger partial charge in [-0.15, -0.1) is 10.2 Å². The van der Waals surface area contributed by atoms with Crippen LogP contribution in [0.1, 0.15) is 17.1 Å². The Kier molecular flexibility index (Phi) is 4.96. The minimum absolute atomic E-state index is 0.242. The topological polar surface area (TPSA) is 78.9 Å². The molecule has 0 spiro atoms. The second-order valence-corrected chi connectivity index (χ2v) is 8.00. The van der Waals surface area contributed by atoms with Crippen molar-refractivity contribution in [2.45, 2.75) is 25.8 Å². The van der Waals surface area contributed by atoms with Crippen LogP contribution in [0.5, 0.6) is 5.88 Å². The van der Waals surface area contributed by atoms with Crippen molar-refractivity contribution in [3.63, 3.8) is 0 Å². The Labute approximate surface area is 176 Å². The highest BCUT2D eigenvalue weighted by Gasteiger charge is 2.18. The van der Waals surface area contributed by atoms with Crippen LogP contribution in [0.15, 0.2) is 47.1 Å². The number of aryl methyl sites for hydroxylation is 1. The molecule has 1 aliphatic heterocycles. The summed E-state index contributed by atoms with van der Waals surface area (Å²) in [6.45, 7) is 2.97. The fourth-order valence-corrected chi connectivity index (χ4v) is 4.20. The number of fused-ring (bicyclic) bond motifs is 1. The van der Waals surface area contributed by atoms with Gasteiger partial charge in [-0.05, 0) is 37.3 Å². The van der Waals surface area contributed by atoms with Gasteiger partial charge >= 0.3 is 0 Å². The summed E-state index contributed by atoms with van der Waals surface area (Å²) in [6, 6.07) is 9.87. The molecule has 30 heavy (non-hydrogen) atoms. The maximum atomic E-state index is 13.2. The zero-order valence-corrected chi connectivity index (χ0v) is 17.0. The van der Waals surface area contributed by atoms with Crippen LogP contribution in [0.3, 0.4) is 0 Å². The maximum Gasteiger partial charge on any atom is 0.213 e. The highest BCUT2D eigenvalue weighted by atomic mass is 32.2. The first-order valence-corrected chi connectivity index (χ1v) is 10.6. The number of thioether (sulfide) groups is 1. The Bertz CT molecular complexity index is 1170. The van der Waals surface area contributed by atoms with Gasteiger partial charge in [0.25, 0.3) is 0 Å². The van der Waals surface area contributed by atoms with Gasteiger partial charge in [-0.2, -0.15) is 11.8 Å². The smallest absolute Gasteiger partial charge is 0.213 e. The molecule has 4 aromatic rings. The first-order valence-electron chi connectivity index (χ1n) is 9.49. The van der Waals surface area contributed by atoms with Gasteiger partial charge in [-0.1, -0.05) is 5.16 Å². The largest absolute Gasteiger partial charge is 0.473 e. The molecule has 0 bridgehead atoms. The predicted octanol–water partition coefficient (Wildman–Crippen LogP) is 4.27. The standard InChI is InChI=1S/C21H18FN5O2S/c1-13-17(20(26-29-13)14-2-5-16(22)6-3-14)11-28-19-7-4-15(10-23-19)21-25-24-18-12-30-9-8-27(18)21/h2-7,10H,8-9,11-12H2,1H3. The van der Waals surface area contributed by atoms with E-state index in [2.05, 4.69) is 24.9 Å². The second-order valence-electron chi connectivity index (χ2n) is 6.89. The number of rotatable bonds is 5. The fourth-order valence-electron chi connectivity index (χ4n) is 3.35. The van der Waals surface area contributed by atoms with Crippen molar-refractivity contribution in [2.75, 3.05) is 5.75 Å². The molecule has 4 heterocycles. The summed E-state index contributed by atoms with van der Waals surface area (Å²) in [5, 5.41) is 12.7. The summed E-state index contributed by atoms with van der Waals surface area (Å²) in [4.78, 5) is 4.42. The molecule has 3 aromatic heterocycles. The van der Waals surface area contributed by atoms with Crippen LogP contribution in [0.4, 0.5) is 4.39 Å². The molecule has 0 aliphatic carbocycles. The van der Waals surface area contributed by atoms with Gasteiger partial charge in [0.15, 0.2) is 5.82 Å². The first-order chi connectivity index (χ1) is 14.7. The molecule has 0 fully saturated rings. The highest BCUT2D eigenvalue weighted by Crippen LogP contribution is 2.28.